The topological polar surface area (TPSA) is 89.8 Å². The van der Waals surface area contributed by atoms with Crippen LogP contribution in [0, 0.1) is 0 Å². The molecule has 0 aromatic carbocycles. The van der Waals surface area contributed by atoms with Gasteiger partial charge in [0.2, 0.25) is 5.91 Å². The monoisotopic (exact) mass is 774 g/mol. The van der Waals surface area contributed by atoms with Crippen LogP contribution in [0.4, 0.5) is 0 Å². The number of aliphatic hydroxyl groups is 3. The van der Waals surface area contributed by atoms with Gasteiger partial charge in [-0.1, -0.05) is 230 Å². The lowest BCUT2D eigenvalue weighted by Gasteiger charge is -2.21. The van der Waals surface area contributed by atoms with Gasteiger partial charge in [-0.2, -0.15) is 0 Å². The summed E-state index contributed by atoms with van der Waals surface area (Å²) in [6.45, 7) is 4.18. The third kappa shape index (κ3) is 40.6. The summed E-state index contributed by atoms with van der Waals surface area (Å²) >= 11 is 0. The summed E-state index contributed by atoms with van der Waals surface area (Å²) in [5.41, 5.74) is 0. The van der Waals surface area contributed by atoms with E-state index in [0.29, 0.717) is 6.42 Å². The van der Waals surface area contributed by atoms with Gasteiger partial charge in [-0.25, -0.2) is 0 Å². The van der Waals surface area contributed by atoms with Crippen molar-refractivity contribution in [2.45, 2.75) is 270 Å². The van der Waals surface area contributed by atoms with Crippen molar-refractivity contribution in [3.8, 4) is 0 Å². The van der Waals surface area contributed by atoms with E-state index >= 15 is 0 Å². The fourth-order valence-electron chi connectivity index (χ4n) is 7.37. The SMILES string of the molecule is CCCCCCCCCCC/C=C\CCCCCCC(O)C(=O)NC(CO)C(O)/C=C/CC/C=C/CCCCCCCCCCCCCCCCCCCC. The lowest BCUT2D eigenvalue weighted by molar-refractivity contribution is -0.131. The molecule has 0 aromatic heterocycles. The van der Waals surface area contributed by atoms with Gasteiger partial charge in [0.15, 0.2) is 0 Å². The minimum atomic E-state index is -1.12. The van der Waals surface area contributed by atoms with Crippen molar-refractivity contribution in [1.29, 1.82) is 0 Å². The summed E-state index contributed by atoms with van der Waals surface area (Å²) < 4.78 is 0. The Hall–Kier alpha value is -1.43. The maximum Gasteiger partial charge on any atom is 0.249 e. The van der Waals surface area contributed by atoms with Crippen molar-refractivity contribution in [2.75, 3.05) is 6.61 Å². The van der Waals surface area contributed by atoms with Gasteiger partial charge in [-0.3, -0.25) is 4.79 Å². The van der Waals surface area contributed by atoms with E-state index in [1.165, 1.54) is 180 Å². The predicted molar refractivity (Wildman–Crippen MR) is 241 cm³/mol. The highest BCUT2D eigenvalue weighted by Gasteiger charge is 2.22. The molecule has 0 aliphatic heterocycles. The first-order valence-electron chi connectivity index (χ1n) is 24.3. The number of allylic oxidation sites excluding steroid dienone is 5. The number of amides is 1. The Labute approximate surface area is 343 Å². The summed E-state index contributed by atoms with van der Waals surface area (Å²) in [6, 6.07) is -0.819. The zero-order valence-corrected chi connectivity index (χ0v) is 36.8. The van der Waals surface area contributed by atoms with Crippen LogP contribution in [0.5, 0.6) is 0 Å². The summed E-state index contributed by atoms with van der Waals surface area (Å²) in [4.78, 5) is 12.5. The minimum Gasteiger partial charge on any atom is -0.394 e. The van der Waals surface area contributed by atoms with Crippen molar-refractivity contribution in [2.24, 2.45) is 0 Å². The third-order valence-corrected chi connectivity index (χ3v) is 11.2. The molecular weight excluding hydrogens is 679 g/mol. The molecule has 0 spiro atoms. The number of hydrogen-bond acceptors (Lipinski definition) is 4. The van der Waals surface area contributed by atoms with Crippen LogP contribution in [0.1, 0.15) is 251 Å². The first kappa shape index (κ1) is 53.6. The summed E-state index contributed by atoms with van der Waals surface area (Å²) in [7, 11) is 0. The highest BCUT2D eigenvalue weighted by Crippen LogP contribution is 2.16. The molecule has 0 radical (unpaired) electrons. The van der Waals surface area contributed by atoms with Crippen LogP contribution in [-0.2, 0) is 4.79 Å². The number of nitrogens with one attached hydrogen (secondary N) is 1. The summed E-state index contributed by atoms with van der Waals surface area (Å²) in [5.74, 6) is -0.520. The molecule has 55 heavy (non-hydrogen) atoms. The molecule has 0 bridgehead atoms. The lowest BCUT2D eigenvalue weighted by atomic mass is 10.0. The van der Waals surface area contributed by atoms with E-state index in [4.69, 9.17) is 0 Å². The molecule has 5 nitrogen and oxygen atoms in total. The highest BCUT2D eigenvalue weighted by molar-refractivity contribution is 5.80. The fourth-order valence-corrected chi connectivity index (χ4v) is 7.37. The van der Waals surface area contributed by atoms with Gasteiger partial charge in [-0.15, -0.1) is 0 Å². The van der Waals surface area contributed by atoms with E-state index in [2.05, 4.69) is 43.5 Å². The molecule has 0 saturated carbocycles. The van der Waals surface area contributed by atoms with Crippen LogP contribution in [0.25, 0.3) is 0 Å². The second-order valence-corrected chi connectivity index (χ2v) is 16.7. The molecule has 0 aromatic rings. The fraction of sp³-hybridized carbons (Fsp3) is 0.860. The zero-order valence-electron chi connectivity index (χ0n) is 36.8. The van der Waals surface area contributed by atoms with Crippen LogP contribution in [0.15, 0.2) is 36.5 Å². The molecule has 5 heteroatoms. The number of carbonyl (C=O) groups excluding carboxylic acids is 1. The van der Waals surface area contributed by atoms with Gasteiger partial charge in [-0.05, 0) is 57.8 Å². The normalized spacial score (nSPS) is 13.8. The van der Waals surface area contributed by atoms with Crippen LogP contribution in [0.3, 0.4) is 0 Å². The van der Waals surface area contributed by atoms with Crippen LogP contribution < -0.4 is 5.32 Å². The molecule has 4 N–H and O–H groups in total. The van der Waals surface area contributed by atoms with Gasteiger partial charge in [0.25, 0.3) is 0 Å². The molecule has 324 valence electrons. The van der Waals surface area contributed by atoms with Crippen molar-refractivity contribution >= 4 is 5.91 Å². The zero-order chi connectivity index (χ0) is 40.1. The molecule has 0 heterocycles. The molecule has 0 aliphatic carbocycles. The van der Waals surface area contributed by atoms with Crippen LogP contribution in [0.2, 0.25) is 0 Å². The van der Waals surface area contributed by atoms with Gasteiger partial charge in [0.1, 0.15) is 6.10 Å². The maximum absolute atomic E-state index is 12.5. The number of hydrogen-bond donors (Lipinski definition) is 4. The summed E-state index contributed by atoms with van der Waals surface area (Å²) in [6.07, 6.45) is 57.7. The first-order chi connectivity index (χ1) is 27.1. The maximum atomic E-state index is 12.5. The van der Waals surface area contributed by atoms with E-state index in [9.17, 15) is 20.1 Å². The van der Waals surface area contributed by atoms with E-state index in [1.807, 2.05) is 6.08 Å². The van der Waals surface area contributed by atoms with Crippen molar-refractivity contribution in [3.05, 3.63) is 36.5 Å². The number of rotatable bonds is 44. The molecular formula is C50H95NO4. The molecule has 1 amide bonds. The number of carbonyl (C=O) groups is 1. The van der Waals surface area contributed by atoms with Crippen LogP contribution >= 0.6 is 0 Å². The Morgan fingerprint density at radius 3 is 1.11 bits per heavy atom. The molecule has 0 rings (SSSR count). The van der Waals surface area contributed by atoms with E-state index in [0.717, 1.165) is 51.4 Å². The molecule has 0 fully saturated rings. The standard InChI is InChI=1S/C50H95NO4/c1-3-5-7-9-11-13-15-17-19-21-22-23-24-25-26-27-29-30-32-34-36-38-40-42-44-48(53)47(46-52)51-50(55)49(54)45-43-41-39-37-35-33-31-28-20-18-16-14-12-10-8-6-4-2/h31,33-34,36,42,44,47-49,52-54H,3-30,32,35,37-41,43,45-46H2,1-2H3,(H,51,55)/b33-31-,36-34+,44-42+. The predicted octanol–water partition coefficient (Wildman–Crippen LogP) is 14.3. The number of unbranched alkanes of at least 4 members (excludes halogenated alkanes) is 32. The average Bonchev–Trinajstić information content (AvgIpc) is 3.19. The Kier molecular flexibility index (Phi) is 44.1. The average molecular weight is 774 g/mol. The van der Waals surface area contributed by atoms with Gasteiger partial charge in [0, 0.05) is 0 Å². The van der Waals surface area contributed by atoms with E-state index < -0.39 is 24.2 Å². The highest BCUT2D eigenvalue weighted by atomic mass is 16.3. The smallest absolute Gasteiger partial charge is 0.249 e. The van der Waals surface area contributed by atoms with E-state index in [1.54, 1.807) is 6.08 Å². The largest absolute Gasteiger partial charge is 0.394 e. The molecule has 3 atom stereocenters. The van der Waals surface area contributed by atoms with Gasteiger partial charge in [0.05, 0.1) is 18.8 Å². The molecule has 0 saturated heterocycles. The van der Waals surface area contributed by atoms with Gasteiger partial charge >= 0.3 is 0 Å². The second kappa shape index (κ2) is 45.3. The lowest BCUT2D eigenvalue weighted by Crippen LogP contribution is -2.48. The van der Waals surface area contributed by atoms with Crippen molar-refractivity contribution in [3.63, 3.8) is 0 Å². The van der Waals surface area contributed by atoms with Crippen LogP contribution in [-0.4, -0.2) is 46.1 Å². The Balaban J connectivity index is 3.68. The Bertz CT molecular complexity index is 855. The summed E-state index contributed by atoms with van der Waals surface area (Å²) in [5, 5.41) is 33.2. The first-order valence-corrected chi connectivity index (χ1v) is 24.3. The van der Waals surface area contributed by atoms with Crippen molar-refractivity contribution in [1.82, 2.24) is 5.32 Å². The third-order valence-electron chi connectivity index (χ3n) is 11.2. The Morgan fingerprint density at radius 1 is 0.436 bits per heavy atom. The minimum absolute atomic E-state index is 0.379. The second-order valence-electron chi connectivity index (χ2n) is 16.7. The molecule has 3 unspecified atom stereocenters. The Morgan fingerprint density at radius 2 is 0.745 bits per heavy atom. The van der Waals surface area contributed by atoms with Gasteiger partial charge < -0.3 is 20.6 Å². The molecule has 0 aliphatic rings. The van der Waals surface area contributed by atoms with Crippen molar-refractivity contribution < 1.29 is 20.1 Å². The quantitative estimate of drug-likeness (QED) is 0.0367. The van der Waals surface area contributed by atoms with E-state index in [-0.39, 0.29) is 6.61 Å². The number of aliphatic hydroxyl groups excluding tert-OH is 3.